The minimum Gasteiger partial charge on any atom is -0.356 e. The monoisotopic (exact) mass is 391 g/mol. The number of guanidine groups is 1. The Bertz CT molecular complexity index is 933. The van der Waals surface area contributed by atoms with Crippen LogP contribution < -0.4 is 16.0 Å². The Morgan fingerprint density at radius 3 is 2.55 bits per heavy atom. The number of carbonyl (C=O) groups is 1. The quantitative estimate of drug-likeness (QED) is 0.298. The van der Waals surface area contributed by atoms with Gasteiger partial charge in [0, 0.05) is 38.4 Å². The third kappa shape index (κ3) is 6.38. The van der Waals surface area contributed by atoms with Crippen LogP contribution in [-0.2, 0) is 17.8 Å². The molecule has 152 valence electrons. The molecule has 2 aromatic carbocycles. The number of hydrogen-bond donors (Lipinski definition) is 3. The summed E-state index contributed by atoms with van der Waals surface area (Å²) in [5.41, 5.74) is 2.47. The van der Waals surface area contributed by atoms with Gasteiger partial charge in [0.25, 0.3) is 0 Å². The standard InChI is InChI=1S/C23H29N5O/c1-24-23(27-18-22(29)25-15-12-19-8-3-2-4-9-19)26-14-7-16-28-17-13-20-10-5-6-11-21(20)28/h2-6,8-11,13,17H,7,12,14-16,18H2,1H3,(H,25,29)(H2,24,26,27). The molecular formula is C23H29N5O. The number of hydrogen-bond acceptors (Lipinski definition) is 2. The van der Waals surface area contributed by atoms with E-state index < -0.39 is 0 Å². The van der Waals surface area contributed by atoms with Crippen LogP contribution in [0.3, 0.4) is 0 Å². The van der Waals surface area contributed by atoms with Gasteiger partial charge in [0.05, 0.1) is 6.54 Å². The summed E-state index contributed by atoms with van der Waals surface area (Å²) in [4.78, 5) is 16.2. The fourth-order valence-corrected chi connectivity index (χ4v) is 3.23. The van der Waals surface area contributed by atoms with Crippen LogP contribution in [0.1, 0.15) is 12.0 Å². The van der Waals surface area contributed by atoms with Crippen LogP contribution in [0.25, 0.3) is 10.9 Å². The average Bonchev–Trinajstić information content (AvgIpc) is 3.17. The Balaban J connectivity index is 1.31. The second-order valence-electron chi connectivity index (χ2n) is 6.86. The first-order valence-corrected chi connectivity index (χ1v) is 10.1. The highest BCUT2D eigenvalue weighted by atomic mass is 16.1. The highest BCUT2D eigenvalue weighted by molar-refractivity contribution is 5.86. The van der Waals surface area contributed by atoms with Crippen molar-refractivity contribution in [2.45, 2.75) is 19.4 Å². The van der Waals surface area contributed by atoms with Gasteiger partial charge in [-0.05, 0) is 35.9 Å². The zero-order valence-electron chi connectivity index (χ0n) is 16.9. The van der Waals surface area contributed by atoms with Gasteiger partial charge in [-0.1, -0.05) is 48.5 Å². The Kier molecular flexibility index (Phi) is 7.69. The molecule has 3 aromatic rings. The van der Waals surface area contributed by atoms with Crippen molar-refractivity contribution in [3.8, 4) is 0 Å². The van der Waals surface area contributed by atoms with Crippen LogP contribution in [0.15, 0.2) is 71.9 Å². The maximum atomic E-state index is 12.0. The van der Waals surface area contributed by atoms with Crippen molar-refractivity contribution in [3.05, 3.63) is 72.4 Å². The summed E-state index contributed by atoms with van der Waals surface area (Å²) in [7, 11) is 1.71. The summed E-state index contributed by atoms with van der Waals surface area (Å²) in [6.07, 6.45) is 3.91. The van der Waals surface area contributed by atoms with Crippen molar-refractivity contribution in [2.75, 3.05) is 26.7 Å². The fourth-order valence-electron chi connectivity index (χ4n) is 3.23. The van der Waals surface area contributed by atoms with E-state index in [-0.39, 0.29) is 12.5 Å². The van der Waals surface area contributed by atoms with E-state index in [0.717, 1.165) is 25.9 Å². The molecular weight excluding hydrogens is 362 g/mol. The highest BCUT2D eigenvalue weighted by Gasteiger charge is 2.04. The van der Waals surface area contributed by atoms with Crippen molar-refractivity contribution in [2.24, 2.45) is 4.99 Å². The second kappa shape index (κ2) is 10.9. The number of fused-ring (bicyclic) bond motifs is 1. The summed E-state index contributed by atoms with van der Waals surface area (Å²) in [5, 5.41) is 10.5. The molecule has 3 N–H and O–H groups in total. The van der Waals surface area contributed by atoms with Crippen LogP contribution in [0, 0.1) is 0 Å². The van der Waals surface area contributed by atoms with Crippen LogP contribution in [0.2, 0.25) is 0 Å². The third-order valence-electron chi connectivity index (χ3n) is 4.77. The summed E-state index contributed by atoms with van der Waals surface area (Å²) in [5.74, 6) is 0.600. The summed E-state index contributed by atoms with van der Waals surface area (Å²) < 4.78 is 2.26. The van der Waals surface area contributed by atoms with Gasteiger partial charge < -0.3 is 20.5 Å². The number of aryl methyl sites for hydroxylation is 1. The molecule has 1 heterocycles. The molecule has 0 bridgehead atoms. The normalized spacial score (nSPS) is 11.4. The topological polar surface area (TPSA) is 70.5 Å². The first-order chi connectivity index (χ1) is 14.3. The van der Waals surface area contributed by atoms with Crippen molar-refractivity contribution in [3.63, 3.8) is 0 Å². The van der Waals surface area contributed by atoms with E-state index in [2.05, 4.69) is 74.2 Å². The van der Waals surface area contributed by atoms with Crippen molar-refractivity contribution in [1.29, 1.82) is 0 Å². The van der Waals surface area contributed by atoms with E-state index in [1.165, 1.54) is 16.5 Å². The molecule has 0 aliphatic heterocycles. The number of para-hydroxylation sites is 1. The average molecular weight is 392 g/mol. The number of aliphatic imine (C=N–C) groups is 1. The summed E-state index contributed by atoms with van der Waals surface area (Å²) in [6, 6.07) is 20.7. The minimum absolute atomic E-state index is 0.0392. The van der Waals surface area contributed by atoms with E-state index in [1.807, 2.05) is 18.2 Å². The molecule has 6 heteroatoms. The zero-order valence-corrected chi connectivity index (χ0v) is 16.9. The molecule has 6 nitrogen and oxygen atoms in total. The predicted molar refractivity (Wildman–Crippen MR) is 119 cm³/mol. The number of nitrogens with one attached hydrogen (secondary N) is 3. The summed E-state index contributed by atoms with van der Waals surface area (Å²) in [6.45, 7) is 2.54. The van der Waals surface area contributed by atoms with Crippen molar-refractivity contribution >= 4 is 22.8 Å². The lowest BCUT2D eigenvalue weighted by Gasteiger charge is -2.12. The lowest BCUT2D eigenvalue weighted by molar-refractivity contribution is -0.119. The smallest absolute Gasteiger partial charge is 0.239 e. The Labute approximate surface area is 172 Å². The first kappa shape index (κ1) is 20.5. The van der Waals surface area contributed by atoms with Gasteiger partial charge in [0.15, 0.2) is 5.96 Å². The van der Waals surface area contributed by atoms with Crippen LogP contribution in [-0.4, -0.2) is 43.1 Å². The molecule has 1 aromatic heterocycles. The number of nitrogens with zero attached hydrogens (tertiary/aromatic N) is 2. The van der Waals surface area contributed by atoms with Gasteiger partial charge in [0.1, 0.15) is 0 Å². The van der Waals surface area contributed by atoms with Gasteiger partial charge >= 0.3 is 0 Å². The maximum absolute atomic E-state index is 12.0. The van der Waals surface area contributed by atoms with Gasteiger partial charge in [-0.3, -0.25) is 9.79 Å². The van der Waals surface area contributed by atoms with Crippen LogP contribution >= 0.6 is 0 Å². The van der Waals surface area contributed by atoms with Gasteiger partial charge in [-0.25, -0.2) is 0 Å². The molecule has 0 aliphatic carbocycles. The number of rotatable bonds is 9. The van der Waals surface area contributed by atoms with Crippen molar-refractivity contribution < 1.29 is 4.79 Å². The van der Waals surface area contributed by atoms with E-state index in [1.54, 1.807) is 7.05 Å². The lowest BCUT2D eigenvalue weighted by atomic mass is 10.1. The second-order valence-corrected chi connectivity index (χ2v) is 6.86. The molecule has 0 saturated heterocycles. The van der Waals surface area contributed by atoms with Gasteiger partial charge in [-0.2, -0.15) is 0 Å². The fraction of sp³-hybridized carbons (Fsp3) is 0.304. The number of amides is 1. The number of benzene rings is 2. The molecule has 3 rings (SSSR count). The lowest BCUT2D eigenvalue weighted by Crippen LogP contribution is -2.43. The first-order valence-electron chi connectivity index (χ1n) is 10.1. The molecule has 1 amide bonds. The van der Waals surface area contributed by atoms with E-state index in [4.69, 9.17) is 0 Å². The molecule has 0 saturated carbocycles. The molecule has 0 fully saturated rings. The molecule has 0 spiro atoms. The van der Waals surface area contributed by atoms with Gasteiger partial charge in [-0.15, -0.1) is 0 Å². The number of aromatic nitrogens is 1. The van der Waals surface area contributed by atoms with Gasteiger partial charge in [0.2, 0.25) is 5.91 Å². The van der Waals surface area contributed by atoms with Crippen LogP contribution in [0.5, 0.6) is 0 Å². The predicted octanol–water partition coefficient (Wildman–Crippen LogP) is 2.56. The van der Waals surface area contributed by atoms with E-state index in [9.17, 15) is 4.79 Å². The molecule has 0 radical (unpaired) electrons. The highest BCUT2D eigenvalue weighted by Crippen LogP contribution is 2.15. The van der Waals surface area contributed by atoms with E-state index in [0.29, 0.717) is 12.5 Å². The SMILES string of the molecule is CN=C(NCCCn1ccc2ccccc21)NCC(=O)NCCc1ccccc1. The molecule has 0 aliphatic rings. The Morgan fingerprint density at radius 2 is 1.72 bits per heavy atom. The number of carbonyl (C=O) groups excluding carboxylic acids is 1. The third-order valence-corrected chi connectivity index (χ3v) is 4.77. The van der Waals surface area contributed by atoms with E-state index >= 15 is 0 Å². The minimum atomic E-state index is -0.0392. The zero-order chi connectivity index (χ0) is 20.3. The van der Waals surface area contributed by atoms with Crippen molar-refractivity contribution in [1.82, 2.24) is 20.5 Å². The summed E-state index contributed by atoms with van der Waals surface area (Å²) >= 11 is 0. The maximum Gasteiger partial charge on any atom is 0.239 e. The molecule has 0 atom stereocenters. The Morgan fingerprint density at radius 1 is 0.931 bits per heavy atom. The van der Waals surface area contributed by atoms with Crippen LogP contribution in [0.4, 0.5) is 0 Å². The Hall–Kier alpha value is -3.28. The molecule has 29 heavy (non-hydrogen) atoms. The largest absolute Gasteiger partial charge is 0.356 e. The molecule has 0 unspecified atom stereocenters.